The molecule has 0 fully saturated rings. The first kappa shape index (κ1) is 21.4. The lowest BCUT2D eigenvalue weighted by Gasteiger charge is -2.07. The van der Waals surface area contributed by atoms with Gasteiger partial charge in [-0.1, -0.05) is 5.16 Å². The van der Waals surface area contributed by atoms with Crippen LogP contribution in [0, 0.1) is 10.1 Å². The second-order valence-electron chi connectivity index (χ2n) is 6.11. The normalized spacial score (nSPS) is 10.5. The van der Waals surface area contributed by atoms with Crippen LogP contribution in [-0.2, 0) is 6.54 Å². The Morgan fingerprint density at radius 2 is 1.87 bits per heavy atom. The van der Waals surface area contributed by atoms with E-state index in [1.165, 1.54) is 16.9 Å². The Morgan fingerprint density at radius 3 is 2.52 bits per heavy atom. The molecule has 3 rings (SSSR count). The van der Waals surface area contributed by atoms with Gasteiger partial charge in [0.25, 0.3) is 5.91 Å². The van der Waals surface area contributed by atoms with Gasteiger partial charge >= 0.3 is 17.6 Å². The van der Waals surface area contributed by atoms with Gasteiger partial charge < -0.3 is 30.0 Å². The summed E-state index contributed by atoms with van der Waals surface area (Å²) in [5, 5.41) is 23.2. The van der Waals surface area contributed by atoms with Crippen molar-refractivity contribution in [2.75, 3.05) is 19.7 Å². The van der Waals surface area contributed by atoms with E-state index < -0.39 is 10.8 Å². The van der Waals surface area contributed by atoms with Gasteiger partial charge in [0, 0.05) is 18.7 Å². The maximum absolute atomic E-state index is 12.1. The van der Waals surface area contributed by atoms with E-state index in [-0.39, 0.29) is 43.1 Å². The van der Waals surface area contributed by atoms with Crippen molar-refractivity contribution >= 4 is 17.6 Å². The maximum Gasteiger partial charge on any atom is 0.389 e. The van der Waals surface area contributed by atoms with E-state index in [9.17, 15) is 19.7 Å². The Morgan fingerprint density at radius 1 is 1.16 bits per heavy atom. The Kier molecular flexibility index (Phi) is 6.88. The van der Waals surface area contributed by atoms with Crippen LogP contribution in [0.1, 0.15) is 33.8 Å². The molecule has 13 nitrogen and oxygen atoms in total. The van der Waals surface area contributed by atoms with Crippen LogP contribution in [0.15, 0.2) is 41.1 Å². The summed E-state index contributed by atoms with van der Waals surface area (Å²) in [5.74, 6) is -0.669. The molecule has 2 aromatic heterocycles. The molecule has 2 N–H and O–H groups in total. The summed E-state index contributed by atoms with van der Waals surface area (Å²) in [6, 6.07) is 7.93. The minimum atomic E-state index is -0.625. The summed E-state index contributed by atoms with van der Waals surface area (Å²) >= 11 is 0. The lowest BCUT2D eigenvalue weighted by atomic mass is 10.2. The van der Waals surface area contributed by atoms with Crippen LogP contribution >= 0.6 is 0 Å². The molecule has 2 heterocycles. The Hall–Kier alpha value is -4.29. The third-order valence-electron chi connectivity index (χ3n) is 3.90. The zero-order valence-corrected chi connectivity index (χ0v) is 16.5. The number of hydrogen-bond acceptors (Lipinski definition) is 9. The molecule has 0 saturated heterocycles. The number of nitrogens with zero attached hydrogens (tertiary/aromatic N) is 5. The Bertz CT molecular complexity index is 1060. The summed E-state index contributed by atoms with van der Waals surface area (Å²) in [4.78, 5) is 38.1. The van der Waals surface area contributed by atoms with Crippen LogP contribution in [0.3, 0.4) is 0 Å². The van der Waals surface area contributed by atoms with Crippen molar-refractivity contribution in [1.82, 2.24) is 30.6 Å². The summed E-state index contributed by atoms with van der Waals surface area (Å²) < 4.78 is 11.5. The highest BCUT2D eigenvalue weighted by Crippen LogP contribution is 2.12. The number of carbonyl (C=O) groups excluding carboxylic acids is 2. The zero-order chi connectivity index (χ0) is 22.2. The van der Waals surface area contributed by atoms with E-state index in [2.05, 4.69) is 25.9 Å². The molecule has 0 atom stereocenters. The second kappa shape index (κ2) is 9.96. The minimum Gasteiger partial charge on any atom is -0.494 e. The first-order chi connectivity index (χ1) is 15.0. The summed E-state index contributed by atoms with van der Waals surface area (Å²) in [6.45, 7) is 2.75. The summed E-state index contributed by atoms with van der Waals surface area (Å²) in [7, 11) is 0. The SMILES string of the molecule is CCOc1ccc(C(=O)NCCNC(=O)c2nc(Cn3ccc([N+](=O)[O-])n3)no2)cc1. The van der Waals surface area contributed by atoms with Gasteiger partial charge in [-0.2, -0.15) is 9.67 Å². The van der Waals surface area contributed by atoms with Crippen molar-refractivity contribution in [3.63, 3.8) is 0 Å². The molecule has 0 radical (unpaired) electrons. The van der Waals surface area contributed by atoms with Crippen molar-refractivity contribution in [1.29, 1.82) is 0 Å². The molecule has 0 aliphatic heterocycles. The molecule has 0 spiro atoms. The third kappa shape index (κ3) is 5.85. The predicted molar refractivity (Wildman–Crippen MR) is 105 cm³/mol. The lowest BCUT2D eigenvalue weighted by molar-refractivity contribution is -0.389. The summed E-state index contributed by atoms with van der Waals surface area (Å²) in [5.41, 5.74) is 0.468. The number of benzene rings is 1. The number of nitrogens with one attached hydrogen (secondary N) is 2. The molecular formula is C18H19N7O6. The van der Waals surface area contributed by atoms with Gasteiger partial charge in [0.1, 0.15) is 12.3 Å². The number of hydrogen-bond donors (Lipinski definition) is 2. The largest absolute Gasteiger partial charge is 0.494 e. The van der Waals surface area contributed by atoms with Gasteiger partial charge in [-0.05, 0) is 36.1 Å². The molecule has 13 heteroatoms. The monoisotopic (exact) mass is 429 g/mol. The first-order valence-electron chi connectivity index (χ1n) is 9.26. The molecule has 1 aromatic carbocycles. The van der Waals surface area contributed by atoms with Crippen molar-refractivity contribution in [3.8, 4) is 5.75 Å². The van der Waals surface area contributed by atoms with Crippen molar-refractivity contribution in [2.45, 2.75) is 13.5 Å². The van der Waals surface area contributed by atoms with Gasteiger partial charge in [0.15, 0.2) is 5.82 Å². The zero-order valence-electron chi connectivity index (χ0n) is 16.5. The van der Waals surface area contributed by atoms with Gasteiger partial charge in [0.05, 0.1) is 24.0 Å². The van der Waals surface area contributed by atoms with Crippen LogP contribution in [-0.4, -0.2) is 56.4 Å². The molecule has 0 aliphatic rings. The van der Waals surface area contributed by atoms with Crippen LogP contribution in [0.5, 0.6) is 5.75 Å². The fourth-order valence-corrected chi connectivity index (χ4v) is 2.49. The number of nitro groups is 1. The highest BCUT2D eigenvalue weighted by molar-refractivity contribution is 5.94. The van der Waals surface area contributed by atoms with Gasteiger partial charge in [-0.25, -0.2) is 0 Å². The van der Waals surface area contributed by atoms with Gasteiger partial charge in [-0.15, -0.1) is 0 Å². The number of ether oxygens (including phenoxy) is 1. The number of amides is 2. The van der Waals surface area contributed by atoms with Crippen LogP contribution < -0.4 is 15.4 Å². The first-order valence-corrected chi connectivity index (χ1v) is 9.26. The van der Waals surface area contributed by atoms with Crippen molar-refractivity contribution in [2.24, 2.45) is 0 Å². The highest BCUT2D eigenvalue weighted by atomic mass is 16.6. The molecule has 0 unspecified atom stereocenters. The lowest BCUT2D eigenvalue weighted by Crippen LogP contribution is -2.34. The minimum absolute atomic E-state index is 0.00274. The van der Waals surface area contributed by atoms with E-state index in [4.69, 9.17) is 9.26 Å². The van der Waals surface area contributed by atoms with E-state index >= 15 is 0 Å². The van der Waals surface area contributed by atoms with Crippen LogP contribution in [0.25, 0.3) is 0 Å². The third-order valence-corrected chi connectivity index (χ3v) is 3.90. The standard InChI is InChI=1S/C18H19N7O6/c1-2-30-13-5-3-12(4-6-13)16(26)19-8-9-20-17(27)18-21-14(23-31-18)11-24-10-7-15(22-24)25(28)29/h3-7,10H,2,8-9,11H2,1H3,(H,19,26)(H,20,27). The van der Waals surface area contributed by atoms with Gasteiger partial charge in [-0.3, -0.25) is 9.59 Å². The molecule has 2 amide bonds. The quantitative estimate of drug-likeness (QED) is 0.269. The highest BCUT2D eigenvalue weighted by Gasteiger charge is 2.17. The Labute approximate surface area is 175 Å². The molecule has 0 bridgehead atoms. The fourth-order valence-electron chi connectivity index (χ4n) is 2.49. The van der Waals surface area contributed by atoms with Gasteiger partial charge in [0.2, 0.25) is 0 Å². The smallest absolute Gasteiger partial charge is 0.389 e. The number of rotatable bonds is 10. The predicted octanol–water partition coefficient (Wildman–Crippen LogP) is 0.781. The fraction of sp³-hybridized carbons (Fsp3) is 0.278. The second-order valence-corrected chi connectivity index (χ2v) is 6.11. The molecule has 0 aliphatic carbocycles. The average molecular weight is 429 g/mol. The molecule has 0 saturated carbocycles. The van der Waals surface area contributed by atoms with E-state index in [0.29, 0.717) is 17.9 Å². The average Bonchev–Trinajstić information content (AvgIpc) is 3.42. The molecule has 3 aromatic rings. The molecule has 31 heavy (non-hydrogen) atoms. The van der Waals surface area contributed by atoms with Crippen molar-refractivity contribution in [3.05, 3.63) is 63.9 Å². The molecule has 162 valence electrons. The molecular weight excluding hydrogens is 410 g/mol. The maximum atomic E-state index is 12.1. The Balaban J connectivity index is 1.42. The van der Waals surface area contributed by atoms with Crippen LogP contribution in [0.4, 0.5) is 5.82 Å². The summed E-state index contributed by atoms with van der Waals surface area (Å²) in [6.07, 6.45) is 1.39. The number of carbonyl (C=O) groups is 2. The topological polar surface area (TPSA) is 167 Å². The van der Waals surface area contributed by atoms with E-state index in [1.807, 2.05) is 6.92 Å². The van der Waals surface area contributed by atoms with E-state index in [1.54, 1.807) is 24.3 Å². The van der Waals surface area contributed by atoms with Crippen molar-refractivity contribution < 1.29 is 23.8 Å². The number of aromatic nitrogens is 4. The van der Waals surface area contributed by atoms with E-state index in [0.717, 1.165) is 0 Å². The van der Waals surface area contributed by atoms with Crippen LogP contribution in [0.2, 0.25) is 0 Å².